The lowest BCUT2D eigenvalue weighted by Gasteiger charge is -2.18. The van der Waals surface area contributed by atoms with E-state index in [-0.39, 0.29) is 5.91 Å². The van der Waals surface area contributed by atoms with Crippen LogP contribution in [0.25, 0.3) is 20.9 Å². The molecule has 122 valence electrons. The van der Waals surface area contributed by atoms with Crippen molar-refractivity contribution >= 4 is 33.1 Å². The molecule has 5 heteroatoms. The van der Waals surface area contributed by atoms with Gasteiger partial charge in [-0.25, -0.2) is 4.98 Å². The Kier molecular flexibility index (Phi) is 3.99. The minimum absolute atomic E-state index is 0.103. The number of thiazole rings is 1. The summed E-state index contributed by atoms with van der Waals surface area (Å²) in [4.78, 5) is 23.7. The van der Waals surface area contributed by atoms with E-state index in [4.69, 9.17) is 0 Å². The molecule has 4 aromatic rings. The molecule has 0 aliphatic heterocycles. The molecule has 25 heavy (non-hydrogen) atoms. The molecule has 0 bridgehead atoms. The molecule has 0 unspecified atom stereocenters. The molecule has 4 rings (SSSR count). The number of anilines is 1. The molecule has 0 radical (unpaired) electrons. The summed E-state index contributed by atoms with van der Waals surface area (Å²) in [6, 6.07) is 21.1. The molecule has 1 amide bonds. The topological polar surface area (TPSA) is 46.1 Å². The second-order valence-corrected chi connectivity index (χ2v) is 6.62. The maximum atomic E-state index is 13.0. The second-order valence-electron chi connectivity index (χ2n) is 5.59. The fourth-order valence-corrected chi connectivity index (χ4v) is 3.65. The Morgan fingerprint density at radius 3 is 2.52 bits per heavy atom. The number of para-hydroxylation sites is 2. The second kappa shape index (κ2) is 6.45. The van der Waals surface area contributed by atoms with Crippen LogP contribution in [0.5, 0.6) is 0 Å². The van der Waals surface area contributed by atoms with Crippen molar-refractivity contribution in [3.05, 3.63) is 78.5 Å². The lowest BCUT2D eigenvalue weighted by molar-refractivity contribution is 0.0993. The van der Waals surface area contributed by atoms with Crippen molar-refractivity contribution in [2.75, 3.05) is 11.9 Å². The van der Waals surface area contributed by atoms with Crippen LogP contribution in [0.2, 0.25) is 0 Å². The van der Waals surface area contributed by atoms with Gasteiger partial charge in [-0.2, -0.15) is 0 Å². The van der Waals surface area contributed by atoms with Crippen LogP contribution in [-0.2, 0) is 0 Å². The third-order valence-electron chi connectivity index (χ3n) is 3.98. The zero-order chi connectivity index (χ0) is 17.2. The Morgan fingerprint density at radius 2 is 1.72 bits per heavy atom. The van der Waals surface area contributed by atoms with Gasteiger partial charge in [0.1, 0.15) is 10.7 Å². The van der Waals surface area contributed by atoms with Gasteiger partial charge in [0.15, 0.2) is 0 Å². The van der Waals surface area contributed by atoms with Crippen molar-refractivity contribution in [1.29, 1.82) is 0 Å². The normalized spacial score (nSPS) is 10.8. The molecule has 0 N–H and O–H groups in total. The van der Waals surface area contributed by atoms with Crippen LogP contribution in [0, 0.1) is 0 Å². The van der Waals surface area contributed by atoms with Gasteiger partial charge in [-0.3, -0.25) is 9.78 Å². The van der Waals surface area contributed by atoms with E-state index in [2.05, 4.69) is 9.97 Å². The molecule has 0 aliphatic rings. The summed E-state index contributed by atoms with van der Waals surface area (Å²) in [5.74, 6) is -0.103. The Hall–Kier alpha value is -3.05. The van der Waals surface area contributed by atoms with E-state index < -0.39 is 0 Å². The standard InChI is InChI=1S/C20H15N3OS/c1-23(14-8-3-2-4-9-14)20(24)15-10-7-13-21-18(15)19-22-16-11-5-6-12-17(16)25-19/h2-13H,1H3. The smallest absolute Gasteiger partial charge is 0.260 e. The molecular weight excluding hydrogens is 330 g/mol. The maximum Gasteiger partial charge on any atom is 0.260 e. The SMILES string of the molecule is CN(C(=O)c1cccnc1-c1nc2ccccc2s1)c1ccccc1. The summed E-state index contributed by atoms with van der Waals surface area (Å²) >= 11 is 1.55. The lowest BCUT2D eigenvalue weighted by atomic mass is 10.1. The number of nitrogens with zero attached hydrogens (tertiary/aromatic N) is 3. The summed E-state index contributed by atoms with van der Waals surface area (Å²) in [7, 11) is 1.77. The lowest BCUT2D eigenvalue weighted by Crippen LogP contribution is -2.26. The third kappa shape index (κ3) is 2.90. The van der Waals surface area contributed by atoms with Gasteiger partial charge in [-0.15, -0.1) is 11.3 Å². The number of pyridine rings is 1. The predicted octanol–water partition coefficient (Wildman–Crippen LogP) is 4.63. The van der Waals surface area contributed by atoms with E-state index in [1.807, 2.05) is 54.6 Å². The van der Waals surface area contributed by atoms with Gasteiger partial charge in [0.25, 0.3) is 5.91 Å². The number of hydrogen-bond acceptors (Lipinski definition) is 4. The van der Waals surface area contributed by atoms with Crippen LogP contribution >= 0.6 is 11.3 Å². The summed E-state index contributed by atoms with van der Waals surface area (Å²) in [5.41, 5.74) is 2.93. The molecule has 4 nitrogen and oxygen atoms in total. The highest BCUT2D eigenvalue weighted by Gasteiger charge is 2.20. The van der Waals surface area contributed by atoms with Crippen LogP contribution < -0.4 is 4.90 Å². The minimum Gasteiger partial charge on any atom is -0.311 e. The van der Waals surface area contributed by atoms with Crippen LogP contribution in [0.4, 0.5) is 5.69 Å². The fraction of sp³-hybridized carbons (Fsp3) is 0.0500. The van der Waals surface area contributed by atoms with E-state index in [9.17, 15) is 4.79 Å². The molecule has 0 saturated heterocycles. The highest BCUT2D eigenvalue weighted by atomic mass is 32.1. The first-order chi connectivity index (χ1) is 12.2. The highest BCUT2D eigenvalue weighted by Crippen LogP contribution is 2.31. The van der Waals surface area contributed by atoms with E-state index in [1.165, 1.54) is 0 Å². The van der Waals surface area contributed by atoms with Crippen molar-refractivity contribution < 1.29 is 4.79 Å². The summed E-state index contributed by atoms with van der Waals surface area (Å²) in [5, 5.41) is 0.756. The summed E-state index contributed by atoms with van der Waals surface area (Å²) in [6.07, 6.45) is 1.70. The number of rotatable bonds is 3. The van der Waals surface area contributed by atoms with Crippen LogP contribution in [0.1, 0.15) is 10.4 Å². The van der Waals surface area contributed by atoms with Crippen molar-refractivity contribution in [1.82, 2.24) is 9.97 Å². The van der Waals surface area contributed by atoms with Crippen LogP contribution in [-0.4, -0.2) is 22.9 Å². The van der Waals surface area contributed by atoms with Gasteiger partial charge < -0.3 is 4.90 Å². The number of carbonyl (C=O) groups excluding carboxylic acids is 1. The van der Waals surface area contributed by atoms with Gasteiger partial charge in [0.05, 0.1) is 15.8 Å². The van der Waals surface area contributed by atoms with Gasteiger partial charge in [-0.1, -0.05) is 30.3 Å². The maximum absolute atomic E-state index is 13.0. The zero-order valence-corrected chi connectivity index (χ0v) is 14.4. The molecular formula is C20H15N3OS. The first-order valence-corrected chi connectivity index (χ1v) is 8.70. The van der Waals surface area contributed by atoms with Gasteiger partial charge in [-0.05, 0) is 36.4 Å². The van der Waals surface area contributed by atoms with E-state index in [0.29, 0.717) is 11.3 Å². The number of amides is 1. The van der Waals surface area contributed by atoms with E-state index in [1.54, 1.807) is 41.6 Å². The first-order valence-electron chi connectivity index (χ1n) is 7.88. The van der Waals surface area contributed by atoms with Gasteiger partial charge in [0.2, 0.25) is 0 Å². The fourth-order valence-electron chi connectivity index (χ4n) is 2.67. The Bertz CT molecular complexity index is 1010. The van der Waals surface area contributed by atoms with Crippen molar-refractivity contribution in [2.24, 2.45) is 0 Å². The minimum atomic E-state index is -0.103. The summed E-state index contributed by atoms with van der Waals surface area (Å²) < 4.78 is 1.08. The molecule has 2 heterocycles. The summed E-state index contributed by atoms with van der Waals surface area (Å²) in [6.45, 7) is 0. The Balaban J connectivity index is 1.77. The van der Waals surface area contributed by atoms with Crippen LogP contribution in [0.15, 0.2) is 72.9 Å². The molecule has 2 aromatic carbocycles. The number of aromatic nitrogens is 2. The largest absolute Gasteiger partial charge is 0.311 e. The van der Waals surface area contributed by atoms with E-state index in [0.717, 1.165) is 20.9 Å². The number of hydrogen-bond donors (Lipinski definition) is 0. The number of fused-ring (bicyclic) bond motifs is 1. The third-order valence-corrected chi connectivity index (χ3v) is 5.03. The quantitative estimate of drug-likeness (QED) is 0.544. The molecule has 0 saturated carbocycles. The molecule has 0 aliphatic carbocycles. The number of carbonyl (C=O) groups is 1. The Morgan fingerprint density at radius 1 is 0.960 bits per heavy atom. The van der Waals surface area contributed by atoms with Crippen molar-refractivity contribution in [2.45, 2.75) is 0 Å². The van der Waals surface area contributed by atoms with Crippen molar-refractivity contribution in [3.8, 4) is 10.7 Å². The van der Waals surface area contributed by atoms with Gasteiger partial charge >= 0.3 is 0 Å². The number of benzene rings is 2. The van der Waals surface area contributed by atoms with Crippen molar-refractivity contribution in [3.63, 3.8) is 0 Å². The first kappa shape index (κ1) is 15.5. The van der Waals surface area contributed by atoms with E-state index >= 15 is 0 Å². The average Bonchev–Trinajstić information content (AvgIpc) is 3.11. The Labute approximate surface area is 149 Å². The monoisotopic (exact) mass is 345 g/mol. The molecule has 0 spiro atoms. The highest BCUT2D eigenvalue weighted by molar-refractivity contribution is 7.21. The molecule has 2 aromatic heterocycles. The van der Waals surface area contributed by atoms with Crippen LogP contribution in [0.3, 0.4) is 0 Å². The van der Waals surface area contributed by atoms with Gasteiger partial charge in [0, 0.05) is 18.9 Å². The molecule has 0 atom stereocenters. The predicted molar refractivity (Wildman–Crippen MR) is 102 cm³/mol. The zero-order valence-electron chi connectivity index (χ0n) is 13.6. The molecule has 0 fully saturated rings. The average molecular weight is 345 g/mol.